The fraction of sp³-hybridized carbons (Fsp3) is 0.118. The molecule has 0 unspecified atom stereocenters. The molecule has 0 aromatic heterocycles. The normalized spacial score (nSPS) is 18.7. The summed E-state index contributed by atoms with van der Waals surface area (Å²) in [4.78, 5) is 12.0. The highest BCUT2D eigenvalue weighted by Crippen LogP contribution is 2.16. The van der Waals surface area contributed by atoms with Crippen molar-refractivity contribution in [1.29, 1.82) is 0 Å². The molecule has 2 rings (SSSR count). The lowest BCUT2D eigenvalue weighted by Crippen LogP contribution is -1.95. The molecule has 0 saturated heterocycles. The van der Waals surface area contributed by atoms with E-state index in [1.165, 1.54) is 0 Å². The SMILES string of the molecule is O=C(/C=C/C1=CC=C(Br)C=CC1)C1=CCC=CC=C1. The Morgan fingerprint density at radius 1 is 1.16 bits per heavy atom. The van der Waals surface area contributed by atoms with Gasteiger partial charge in [0.25, 0.3) is 0 Å². The van der Waals surface area contributed by atoms with Crippen molar-refractivity contribution in [3.05, 3.63) is 82.5 Å². The van der Waals surface area contributed by atoms with Crippen molar-refractivity contribution in [1.82, 2.24) is 0 Å². The summed E-state index contributed by atoms with van der Waals surface area (Å²) >= 11 is 3.43. The van der Waals surface area contributed by atoms with E-state index in [-0.39, 0.29) is 5.78 Å². The number of hydrogen-bond acceptors (Lipinski definition) is 1. The minimum atomic E-state index is 0.0529. The number of carbonyl (C=O) groups is 1. The van der Waals surface area contributed by atoms with Crippen molar-refractivity contribution in [3.63, 3.8) is 0 Å². The third-order valence-corrected chi connectivity index (χ3v) is 3.35. The minimum absolute atomic E-state index is 0.0529. The average Bonchev–Trinajstić information content (AvgIpc) is 2.79. The van der Waals surface area contributed by atoms with Gasteiger partial charge in [0, 0.05) is 10.1 Å². The molecule has 0 saturated carbocycles. The standard InChI is InChI=1S/C17H15BrO/c18-16-9-5-6-14(10-12-16)11-13-17(19)15-7-3-1-2-4-8-15/h1-3,5,7-13H,4,6H2/b13-11+. The van der Waals surface area contributed by atoms with Crippen LogP contribution in [0.2, 0.25) is 0 Å². The highest BCUT2D eigenvalue weighted by atomic mass is 79.9. The maximum Gasteiger partial charge on any atom is 0.185 e. The van der Waals surface area contributed by atoms with E-state index in [1.54, 1.807) is 6.08 Å². The van der Waals surface area contributed by atoms with E-state index in [2.05, 4.69) is 22.0 Å². The molecule has 96 valence electrons. The Balaban J connectivity index is 2.05. The first-order valence-electron chi connectivity index (χ1n) is 6.24. The van der Waals surface area contributed by atoms with Crippen molar-refractivity contribution in [2.75, 3.05) is 0 Å². The summed E-state index contributed by atoms with van der Waals surface area (Å²) in [7, 11) is 0. The summed E-state index contributed by atoms with van der Waals surface area (Å²) in [5.74, 6) is 0.0529. The van der Waals surface area contributed by atoms with E-state index < -0.39 is 0 Å². The Hall–Kier alpha value is -1.67. The number of halogens is 1. The second kappa shape index (κ2) is 7.05. The molecule has 2 heteroatoms. The molecule has 0 atom stereocenters. The van der Waals surface area contributed by atoms with Gasteiger partial charge in [-0.05, 0) is 30.6 Å². The van der Waals surface area contributed by atoms with Crippen LogP contribution in [0.3, 0.4) is 0 Å². The van der Waals surface area contributed by atoms with Crippen LogP contribution >= 0.6 is 15.9 Å². The van der Waals surface area contributed by atoms with E-state index in [0.29, 0.717) is 0 Å². The van der Waals surface area contributed by atoms with Crippen LogP contribution in [0.5, 0.6) is 0 Å². The van der Waals surface area contributed by atoms with Gasteiger partial charge in [0.15, 0.2) is 5.78 Å². The molecule has 0 aliphatic heterocycles. The van der Waals surface area contributed by atoms with Gasteiger partial charge >= 0.3 is 0 Å². The van der Waals surface area contributed by atoms with Crippen LogP contribution in [0.4, 0.5) is 0 Å². The Kier molecular flexibility index (Phi) is 5.10. The molecule has 0 aromatic carbocycles. The van der Waals surface area contributed by atoms with Crippen LogP contribution < -0.4 is 0 Å². The zero-order chi connectivity index (χ0) is 13.5. The number of hydrogen-bond donors (Lipinski definition) is 0. The minimum Gasteiger partial charge on any atom is -0.289 e. The van der Waals surface area contributed by atoms with E-state index in [9.17, 15) is 4.79 Å². The van der Waals surface area contributed by atoms with E-state index in [0.717, 1.165) is 28.5 Å². The monoisotopic (exact) mass is 314 g/mol. The first-order chi connectivity index (χ1) is 9.25. The fourth-order valence-corrected chi connectivity index (χ4v) is 2.10. The molecular weight excluding hydrogens is 300 g/mol. The van der Waals surface area contributed by atoms with E-state index in [4.69, 9.17) is 0 Å². The maximum atomic E-state index is 12.0. The van der Waals surface area contributed by atoms with Gasteiger partial charge in [0.1, 0.15) is 0 Å². The molecule has 2 aliphatic rings. The van der Waals surface area contributed by atoms with Gasteiger partial charge < -0.3 is 0 Å². The van der Waals surface area contributed by atoms with Crippen LogP contribution in [0.15, 0.2) is 82.5 Å². The molecule has 0 aromatic rings. The van der Waals surface area contributed by atoms with Crippen LogP contribution in [0.1, 0.15) is 12.8 Å². The van der Waals surface area contributed by atoms with Gasteiger partial charge in [-0.3, -0.25) is 4.79 Å². The molecule has 2 aliphatic carbocycles. The molecule has 0 heterocycles. The van der Waals surface area contributed by atoms with Gasteiger partial charge in [-0.25, -0.2) is 0 Å². The van der Waals surface area contributed by atoms with Crippen LogP contribution in [0, 0.1) is 0 Å². The Labute approximate surface area is 122 Å². The van der Waals surface area contributed by atoms with Gasteiger partial charge in [-0.1, -0.05) is 70.6 Å². The lowest BCUT2D eigenvalue weighted by atomic mass is 10.1. The Morgan fingerprint density at radius 2 is 2.05 bits per heavy atom. The van der Waals surface area contributed by atoms with Gasteiger partial charge in [0.05, 0.1) is 0 Å². The third-order valence-electron chi connectivity index (χ3n) is 2.82. The number of allylic oxidation sites excluding steroid dienone is 14. The second-order valence-corrected chi connectivity index (χ2v) is 5.20. The highest BCUT2D eigenvalue weighted by Gasteiger charge is 2.03. The molecule has 0 bridgehead atoms. The summed E-state index contributed by atoms with van der Waals surface area (Å²) in [6.45, 7) is 0. The predicted molar refractivity (Wildman–Crippen MR) is 84.0 cm³/mol. The summed E-state index contributed by atoms with van der Waals surface area (Å²) < 4.78 is 1.04. The molecular formula is C17H15BrO. The van der Waals surface area contributed by atoms with E-state index in [1.807, 2.05) is 54.7 Å². The van der Waals surface area contributed by atoms with Crippen molar-refractivity contribution in [2.24, 2.45) is 0 Å². The van der Waals surface area contributed by atoms with Crippen molar-refractivity contribution in [2.45, 2.75) is 12.8 Å². The largest absolute Gasteiger partial charge is 0.289 e. The predicted octanol–water partition coefficient (Wildman–Crippen LogP) is 4.72. The molecule has 19 heavy (non-hydrogen) atoms. The first kappa shape index (κ1) is 13.8. The summed E-state index contributed by atoms with van der Waals surface area (Å²) in [5, 5.41) is 0. The highest BCUT2D eigenvalue weighted by molar-refractivity contribution is 9.11. The summed E-state index contributed by atoms with van der Waals surface area (Å²) in [5.41, 5.74) is 1.87. The quantitative estimate of drug-likeness (QED) is 0.689. The zero-order valence-corrected chi connectivity index (χ0v) is 12.1. The van der Waals surface area contributed by atoms with E-state index >= 15 is 0 Å². The zero-order valence-electron chi connectivity index (χ0n) is 10.6. The Bertz CT molecular complexity index is 566. The summed E-state index contributed by atoms with van der Waals surface area (Å²) in [6, 6.07) is 0. The lowest BCUT2D eigenvalue weighted by Gasteiger charge is -1.97. The number of carbonyl (C=O) groups excluding carboxylic acids is 1. The van der Waals surface area contributed by atoms with Crippen LogP contribution in [-0.4, -0.2) is 5.78 Å². The molecule has 0 N–H and O–H groups in total. The molecule has 0 radical (unpaired) electrons. The summed E-state index contributed by atoms with van der Waals surface area (Å²) in [6.07, 6.45) is 23.0. The lowest BCUT2D eigenvalue weighted by molar-refractivity contribution is -0.111. The van der Waals surface area contributed by atoms with Crippen molar-refractivity contribution >= 4 is 21.7 Å². The molecule has 0 fully saturated rings. The maximum absolute atomic E-state index is 12.0. The molecule has 0 amide bonds. The molecule has 0 spiro atoms. The second-order valence-electron chi connectivity index (χ2n) is 4.28. The van der Waals surface area contributed by atoms with Gasteiger partial charge in [0.2, 0.25) is 0 Å². The van der Waals surface area contributed by atoms with Crippen LogP contribution in [-0.2, 0) is 4.79 Å². The van der Waals surface area contributed by atoms with Crippen molar-refractivity contribution < 1.29 is 4.79 Å². The third kappa shape index (κ3) is 4.49. The van der Waals surface area contributed by atoms with Gasteiger partial charge in [-0.15, -0.1) is 0 Å². The first-order valence-corrected chi connectivity index (χ1v) is 7.04. The fourth-order valence-electron chi connectivity index (χ4n) is 1.78. The van der Waals surface area contributed by atoms with Crippen molar-refractivity contribution in [3.8, 4) is 0 Å². The smallest absolute Gasteiger partial charge is 0.185 e. The van der Waals surface area contributed by atoms with Crippen LogP contribution in [0.25, 0.3) is 0 Å². The topological polar surface area (TPSA) is 17.1 Å². The Morgan fingerprint density at radius 3 is 2.95 bits per heavy atom. The number of ketones is 1. The van der Waals surface area contributed by atoms with Gasteiger partial charge in [-0.2, -0.15) is 0 Å². The average molecular weight is 315 g/mol. The number of rotatable bonds is 3. The molecule has 1 nitrogen and oxygen atoms in total.